The van der Waals surface area contributed by atoms with Crippen LogP contribution in [0.3, 0.4) is 0 Å². The lowest BCUT2D eigenvalue weighted by Gasteiger charge is -2.12. The predicted octanol–water partition coefficient (Wildman–Crippen LogP) is 3.62. The number of nitrogens with one attached hydrogen (secondary N) is 2. The molecule has 0 heterocycles. The van der Waals surface area contributed by atoms with Crippen LogP contribution in [0, 0.1) is 13.8 Å². The molecule has 0 aliphatic rings. The van der Waals surface area contributed by atoms with Gasteiger partial charge in [-0.1, -0.05) is 42.0 Å². The SMILES string of the molecule is CCNC(=NCc1ccc(S(C)(=O)=O)c(C)c1)NCCc1cccc(C)c1.I. The number of hydrogen-bond donors (Lipinski definition) is 2. The van der Waals surface area contributed by atoms with Gasteiger partial charge in [0.1, 0.15) is 0 Å². The summed E-state index contributed by atoms with van der Waals surface area (Å²) in [6.07, 6.45) is 2.16. The highest BCUT2D eigenvalue weighted by Crippen LogP contribution is 2.17. The van der Waals surface area contributed by atoms with Crippen molar-refractivity contribution in [1.82, 2.24) is 10.6 Å². The number of sulfone groups is 1. The zero-order chi connectivity index (χ0) is 19.9. The van der Waals surface area contributed by atoms with Crippen molar-refractivity contribution in [2.75, 3.05) is 19.3 Å². The number of guanidine groups is 1. The number of halogens is 1. The quantitative estimate of drug-likeness (QED) is 0.336. The van der Waals surface area contributed by atoms with E-state index in [9.17, 15) is 8.42 Å². The first-order valence-corrected chi connectivity index (χ1v) is 11.1. The Hall–Kier alpha value is -1.61. The minimum absolute atomic E-state index is 0. The summed E-state index contributed by atoms with van der Waals surface area (Å²) < 4.78 is 23.4. The van der Waals surface area contributed by atoms with Gasteiger partial charge in [0.25, 0.3) is 0 Å². The van der Waals surface area contributed by atoms with Gasteiger partial charge in [0.15, 0.2) is 15.8 Å². The molecule has 2 rings (SSSR count). The van der Waals surface area contributed by atoms with Crippen LogP contribution in [0.4, 0.5) is 0 Å². The van der Waals surface area contributed by atoms with Crippen molar-refractivity contribution in [3.8, 4) is 0 Å². The summed E-state index contributed by atoms with van der Waals surface area (Å²) in [5, 5.41) is 6.60. The molecule has 2 aromatic rings. The highest BCUT2D eigenvalue weighted by Gasteiger charge is 2.10. The summed E-state index contributed by atoms with van der Waals surface area (Å²) >= 11 is 0. The van der Waals surface area contributed by atoms with E-state index < -0.39 is 9.84 Å². The molecule has 0 bridgehead atoms. The molecule has 0 aliphatic carbocycles. The van der Waals surface area contributed by atoms with E-state index in [0.29, 0.717) is 11.4 Å². The van der Waals surface area contributed by atoms with Gasteiger partial charge in [0.05, 0.1) is 11.4 Å². The second-order valence-electron chi connectivity index (χ2n) is 6.73. The molecule has 0 radical (unpaired) electrons. The Morgan fingerprint density at radius 3 is 2.39 bits per heavy atom. The molecule has 0 unspecified atom stereocenters. The predicted molar refractivity (Wildman–Crippen MR) is 127 cm³/mol. The first kappa shape index (κ1) is 24.4. The summed E-state index contributed by atoms with van der Waals surface area (Å²) in [7, 11) is -3.19. The van der Waals surface area contributed by atoms with E-state index in [-0.39, 0.29) is 24.0 Å². The second-order valence-corrected chi connectivity index (χ2v) is 8.72. The fourth-order valence-corrected chi connectivity index (χ4v) is 3.89. The van der Waals surface area contributed by atoms with E-state index in [2.05, 4.69) is 46.8 Å². The molecule has 5 nitrogen and oxygen atoms in total. The largest absolute Gasteiger partial charge is 0.357 e. The van der Waals surface area contributed by atoms with Crippen molar-refractivity contribution < 1.29 is 8.42 Å². The number of aryl methyl sites for hydroxylation is 2. The Morgan fingerprint density at radius 2 is 1.79 bits per heavy atom. The molecule has 28 heavy (non-hydrogen) atoms. The summed E-state index contributed by atoms with van der Waals surface area (Å²) in [5.41, 5.74) is 4.30. The number of benzene rings is 2. The third-order valence-electron chi connectivity index (χ3n) is 4.19. The zero-order valence-corrected chi connectivity index (χ0v) is 20.1. The highest BCUT2D eigenvalue weighted by atomic mass is 127. The summed E-state index contributed by atoms with van der Waals surface area (Å²) in [6, 6.07) is 13.9. The Kier molecular flexibility index (Phi) is 9.95. The molecule has 154 valence electrons. The van der Waals surface area contributed by atoms with Crippen molar-refractivity contribution in [2.45, 2.75) is 38.6 Å². The molecular formula is C21H30IN3O2S. The van der Waals surface area contributed by atoms with Crippen LogP contribution in [0.5, 0.6) is 0 Å². The van der Waals surface area contributed by atoms with Crippen LogP contribution < -0.4 is 10.6 Å². The fourth-order valence-electron chi connectivity index (χ4n) is 2.93. The highest BCUT2D eigenvalue weighted by molar-refractivity contribution is 14.0. The first-order valence-electron chi connectivity index (χ1n) is 9.17. The van der Waals surface area contributed by atoms with E-state index in [1.165, 1.54) is 17.4 Å². The van der Waals surface area contributed by atoms with Gasteiger partial charge in [-0.3, -0.25) is 0 Å². The molecule has 0 aliphatic heterocycles. The van der Waals surface area contributed by atoms with Gasteiger partial charge >= 0.3 is 0 Å². The average molecular weight is 515 g/mol. The lowest BCUT2D eigenvalue weighted by Crippen LogP contribution is -2.38. The molecular weight excluding hydrogens is 485 g/mol. The van der Waals surface area contributed by atoms with E-state index >= 15 is 0 Å². The Bertz CT molecular complexity index is 912. The minimum atomic E-state index is -3.19. The van der Waals surface area contributed by atoms with Crippen molar-refractivity contribution >= 4 is 39.8 Å². The lowest BCUT2D eigenvalue weighted by atomic mass is 10.1. The monoisotopic (exact) mass is 515 g/mol. The maximum atomic E-state index is 11.7. The summed E-state index contributed by atoms with van der Waals surface area (Å²) in [4.78, 5) is 4.98. The molecule has 0 atom stereocenters. The third kappa shape index (κ3) is 7.79. The van der Waals surface area contributed by atoms with Gasteiger partial charge in [-0.2, -0.15) is 0 Å². The number of nitrogens with zero attached hydrogens (tertiary/aromatic N) is 1. The fraction of sp³-hybridized carbons (Fsp3) is 0.381. The molecule has 0 spiro atoms. The Morgan fingerprint density at radius 1 is 1.04 bits per heavy atom. The number of aliphatic imine (C=N–C) groups is 1. The van der Waals surface area contributed by atoms with Crippen molar-refractivity contribution in [3.05, 3.63) is 64.7 Å². The molecule has 2 aromatic carbocycles. The smallest absolute Gasteiger partial charge is 0.191 e. The van der Waals surface area contributed by atoms with Crippen LogP contribution in [0.2, 0.25) is 0 Å². The van der Waals surface area contributed by atoms with Crippen LogP contribution in [-0.2, 0) is 22.8 Å². The van der Waals surface area contributed by atoms with Gasteiger partial charge in [-0.15, -0.1) is 24.0 Å². The van der Waals surface area contributed by atoms with Gasteiger partial charge in [0.2, 0.25) is 0 Å². The van der Waals surface area contributed by atoms with Crippen LogP contribution in [0.15, 0.2) is 52.4 Å². The van der Waals surface area contributed by atoms with Gasteiger partial charge < -0.3 is 10.6 Å². The first-order chi connectivity index (χ1) is 12.8. The normalized spacial score (nSPS) is 11.6. The van der Waals surface area contributed by atoms with E-state index in [1.807, 2.05) is 26.0 Å². The zero-order valence-electron chi connectivity index (χ0n) is 17.0. The number of hydrogen-bond acceptors (Lipinski definition) is 3. The molecule has 0 saturated heterocycles. The van der Waals surface area contributed by atoms with E-state index in [4.69, 9.17) is 0 Å². The summed E-state index contributed by atoms with van der Waals surface area (Å²) in [6.45, 7) is 8.01. The van der Waals surface area contributed by atoms with Gasteiger partial charge in [-0.25, -0.2) is 13.4 Å². The van der Waals surface area contributed by atoms with Crippen LogP contribution in [0.25, 0.3) is 0 Å². The van der Waals surface area contributed by atoms with Gasteiger partial charge in [0, 0.05) is 19.3 Å². The lowest BCUT2D eigenvalue weighted by molar-refractivity contribution is 0.601. The Balaban J connectivity index is 0.00000392. The van der Waals surface area contributed by atoms with Gasteiger partial charge in [-0.05, 0) is 49.9 Å². The van der Waals surface area contributed by atoms with E-state index in [0.717, 1.165) is 36.6 Å². The molecule has 0 fully saturated rings. The van der Waals surface area contributed by atoms with Crippen LogP contribution in [-0.4, -0.2) is 33.7 Å². The second kappa shape index (κ2) is 11.4. The molecule has 2 N–H and O–H groups in total. The van der Waals surface area contributed by atoms with E-state index in [1.54, 1.807) is 6.07 Å². The molecule has 0 saturated carbocycles. The van der Waals surface area contributed by atoms with Crippen LogP contribution in [0.1, 0.15) is 29.2 Å². The minimum Gasteiger partial charge on any atom is -0.357 e. The maximum Gasteiger partial charge on any atom is 0.191 e. The van der Waals surface area contributed by atoms with Crippen molar-refractivity contribution in [2.24, 2.45) is 4.99 Å². The topological polar surface area (TPSA) is 70.6 Å². The molecule has 0 amide bonds. The standard InChI is InChI=1S/C21H29N3O2S.HI/c1-5-22-21(23-12-11-18-8-6-7-16(2)13-18)24-15-19-9-10-20(17(3)14-19)27(4,25)26;/h6-10,13-14H,5,11-12,15H2,1-4H3,(H2,22,23,24);1H. The average Bonchev–Trinajstić information content (AvgIpc) is 2.58. The Labute approximate surface area is 186 Å². The van der Waals surface area contributed by atoms with Crippen molar-refractivity contribution in [3.63, 3.8) is 0 Å². The maximum absolute atomic E-state index is 11.7. The number of rotatable bonds is 7. The third-order valence-corrected chi connectivity index (χ3v) is 5.45. The summed E-state index contributed by atoms with van der Waals surface area (Å²) in [5.74, 6) is 0.759. The van der Waals surface area contributed by atoms with Crippen molar-refractivity contribution in [1.29, 1.82) is 0 Å². The molecule has 7 heteroatoms. The van der Waals surface area contributed by atoms with Crippen LogP contribution >= 0.6 is 24.0 Å². The molecule has 0 aromatic heterocycles.